The summed E-state index contributed by atoms with van der Waals surface area (Å²) >= 11 is 0. The number of rotatable bonds is 6. The summed E-state index contributed by atoms with van der Waals surface area (Å²) in [5.74, 6) is 0. The summed E-state index contributed by atoms with van der Waals surface area (Å²) in [7, 11) is -0.873. The van der Waals surface area contributed by atoms with Gasteiger partial charge >= 0.3 is 7.60 Å². The molecule has 0 heterocycles. The largest absolute Gasteiger partial charge is 0.330 e. The minimum atomic E-state index is -2.74. The molecular formula is C8H21O3PSi. The molecule has 0 rings (SSSR count). The third-order valence-electron chi connectivity index (χ3n) is 1.92. The molecule has 80 valence electrons. The van der Waals surface area contributed by atoms with Gasteiger partial charge in [-0.1, -0.05) is 25.7 Å². The molecule has 0 aromatic rings. The van der Waals surface area contributed by atoms with Crippen molar-refractivity contribution in [3.63, 3.8) is 0 Å². The predicted octanol–water partition coefficient (Wildman–Crippen LogP) is 3.20. The van der Waals surface area contributed by atoms with Gasteiger partial charge < -0.3 is 9.05 Å². The van der Waals surface area contributed by atoms with Gasteiger partial charge in [0.2, 0.25) is 0 Å². The van der Waals surface area contributed by atoms with E-state index >= 15 is 0 Å². The van der Waals surface area contributed by atoms with Crippen molar-refractivity contribution in [1.82, 2.24) is 0 Å². The van der Waals surface area contributed by atoms with Gasteiger partial charge in [0.05, 0.1) is 0 Å². The maximum atomic E-state index is 11.6. The molecule has 0 saturated carbocycles. The normalized spacial score (nSPS) is 13.3. The van der Waals surface area contributed by atoms with E-state index in [0.29, 0.717) is 6.16 Å². The zero-order valence-electron chi connectivity index (χ0n) is 9.29. The van der Waals surface area contributed by atoms with E-state index in [0.717, 1.165) is 6.42 Å². The molecule has 0 aromatic carbocycles. The molecule has 0 fully saturated rings. The van der Waals surface area contributed by atoms with E-state index in [1.165, 1.54) is 20.3 Å². The molecule has 3 nitrogen and oxygen atoms in total. The van der Waals surface area contributed by atoms with Crippen LogP contribution in [0.15, 0.2) is 0 Å². The topological polar surface area (TPSA) is 35.5 Å². The molecule has 0 atom stereocenters. The fourth-order valence-electron chi connectivity index (χ4n) is 1.06. The van der Waals surface area contributed by atoms with Crippen molar-refractivity contribution < 1.29 is 13.6 Å². The summed E-state index contributed by atoms with van der Waals surface area (Å²) < 4.78 is 21.3. The van der Waals surface area contributed by atoms with Crippen molar-refractivity contribution in [3.8, 4) is 0 Å². The average Bonchev–Trinajstić information content (AvgIpc) is 2.02. The molecule has 0 saturated heterocycles. The van der Waals surface area contributed by atoms with Crippen LogP contribution >= 0.6 is 7.60 Å². The Morgan fingerprint density at radius 2 is 1.62 bits per heavy atom. The summed E-state index contributed by atoms with van der Waals surface area (Å²) in [6, 6.07) is 1.17. The summed E-state index contributed by atoms with van der Waals surface area (Å²) in [6.07, 6.45) is 1.49. The van der Waals surface area contributed by atoms with Gasteiger partial charge in [-0.3, -0.25) is 4.57 Å². The van der Waals surface area contributed by atoms with Gasteiger partial charge in [0.25, 0.3) is 0 Å². The van der Waals surface area contributed by atoms with E-state index in [2.05, 4.69) is 19.6 Å². The Morgan fingerprint density at radius 3 is 1.92 bits per heavy atom. The van der Waals surface area contributed by atoms with Crippen molar-refractivity contribution in [1.29, 1.82) is 0 Å². The van der Waals surface area contributed by atoms with Gasteiger partial charge in [0, 0.05) is 28.5 Å². The summed E-state index contributed by atoms with van der Waals surface area (Å²) in [4.78, 5) is 0. The Hall–Kier alpha value is 0.367. The Bertz CT molecular complexity index is 180. The average molecular weight is 224 g/mol. The highest BCUT2D eigenvalue weighted by atomic mass is 31.2. The van der Waals surface area contributed by atoms with Crippen molar-refractivity contribution >= 4 is 15.7 Å². The molecule has 5 heteroatoms. The van der Waals surface area contributed by atoms with E-state index in [-0.39, 0.29) is 0 Å². The molecule has 0 spiro atoms. The van der Waals surface area contributed by atoms with Gasteiger partial charge in [-0.2, -0.15) is 0 Å². The van der Waals surface area contributed by atoms with Gasteiger partial charge in [0.1, 0.15) is 0 Å². The second kappa shape index (κ2) is 5.30. The lowest BCUT2D eigenvalue weighted by molar-refractivity contribution is 0.275. The Labute approximate surface area is 82.4 Å². The monoisotopic (exact) mass is 224 g/mol. The van der Waals surface area contributed by atoms with Crippen LogP contribution in [0.4, 0.5) is 0 Å². The van der Waals surface area contributed by atoms with Crippen LogP contribution in [0.2, 0.25) is 25.7 Å². The molecule has 0 unspecified atom stereocenters. The Morgan fingerprint density at radius 1 is 1.15 bits per heavy atom. The van der Waals surface area contributed by atoms with Crippen molar-refractivity contribution in [3.05, 3.63) is 0 Å². The van der Waals surface area contributed by atoms with Gasteiger partial charge in [-0.15, -0.1) is 0 Å². The predicted molar refractivity (Wildman–Crippen MR) is 59.3 cm³/mol. The second-order valence-corrected chi connectivity index (χ2v) is 12.4. The zero-order valence-corrected chi connectivity index (χ0v) is 11.2. The zero-order chi connectivity index (χ0) is 10.5. The van der Waals surface area contributed by atoms with Crippen LogP contribution < -0.4 is 0 Å². The minimum absolute atomic E-state index is 0.546. The van der Waals surface area contributed by atoms with Crippen molar-refractivity contribution in [2.75, 3.05) is 20.4 Å². The molecular weight excluding hydrogens is 203 g/mol. The fraction of sp³-hybridized carbons (Fsp3) is 1.00. The summed E-state index contributed by atoms with van der Waals surface area (Å²) in [6.45, 7) is 6.91. The standard InChI is InChI=1S/C8H21O3PSi/c1-10-12(9,11-2)7-6-8-13(3,4)5/h6-8H2,1-5H3. The first-order valence-electron chi connectivity index (χ1n) is 4.53. The summed E-state index contributed by atoms with van der Waals surface area (Å²) in [5.41, 5.74) is 0. The smallest absolute Gasteiger partial charge is 0.312 e. The highest BCUT2D eigenvalue weighted by Crippen LogP contribution is 2.47. The molecule has 0 radical (unpaired) electrons. The molecule has 0 amide bonds. The molecule has 0 aromatic heterocycles. The quantitative estimate of drug-likeness (QED) is 0.513. The van der Waals surface area contributed by atoms with E-state index in [1.54, 1.807) is 0 Å². The van der Waals surface area contributed by atoms with Crippen LogP contribution in [0.1, 0.15) is 6.42 Å². The maximum Gasteiger partial charge on any atom is 0.330 e. The van der Waals surface area contributed by atoms with Crippen LogP contribution in [-0.4, -0.2) is 28.5 Å². The van der Waals surface area contributed by atoms with E-state index in [9.17, 15) is 4.57 Å². The molecule has 0 bridgehead atoms. The first-order valence-corrected chi connectivity index (χ1v) is 9.97. The third kappa shape index (κ3) is 6.44. The molecule has 0 aliphatic heterocycles. The van der Waals surface area contributed by atoms with Crippen LogP contribution in [0, 0.1) is 0 Å². The Kier molecular flexibility index (Phi) is 5.45. The number of hydrogen-bond donors (Lipinski definition) is 0. The third-order valence-corrected chi connectivity index (χ3v) is 5.75. The first-order chi connectivity index (χ1) is 5.83. The van der Waals surface area contributed by atoms with E-state index in [1.807, 2.05) is 0 Å². The van der Waals surface area contributed by atoms with Crippen molar-refractivity contribution in [2.45, 2.75) is 32.1 Å². The lowest BCUT2D eigenvalue weighted by Crippen LogP contribution is -2.19. The molecule has 0 N–H and O–H groups in total. The second-order valence-electron chi connectivity index (χ2n) is 4.36. The van der Waals surface area contributed by atoms with Crippen LogP contribution in [-0.2, 0) is 13.6 Å². The van der Waals surface area contributed by atoms with Gasteiger partial charge in [0.15, 0.2) is 0 Å². The van der Waals surface area contributed by atoms with Gasteiger partial charge in [-0.25, -0.2) is 0 Å². The minimum Gasteiger partial charge on any atom is -0.312 e. The van der Waals surface area contributed by atoms with E-state index < -0.39 is 15.7 Å². The lowest BCUT2D eigenvalue weighted by Gasteiger charge is -2.18. The first kappa shape index (κ1) is 13.4. The van der Waals surface area contributed by atoms with Crippen LogP contribution in [0.5, 0.6) is 0 Å². The number of hydrogen-bond acceptors (Lipinski definition) is 3. The highest BCUT2D eigenvalue weighted by Gasteiger charge is 2.22. The maximum absolute atomic E-state index is 11.6. The van der Waals surface area contributed by atoms with Crippen LogP contribution in [0.3, 0.4) is 0 Å². The van der Waals surface area contributed by atoms with Gasteiger partial charge in [-0.05, 0) is 6.42 Å². The van der Waals surface area contributed by atoms with Crippen LogP contribution in [0.25, 0.3) is 0 Å². The Balaban J connectivity index is 3.82. The fourth-order valence-corrected chi connectivity index (χ4v) is 3.65. The summed E-state index contributed by atoms with van der Waals surface area (Å²) in [5, 5.41) is 0. The van der Waals surface area contributed by atoms with Crippen molar-refractivity contribution in [2.24, 2.45) is 0 Å². The lowest BCUT2D eigenvalue weighted by atomic mass is 10.6. The molecule has 13 heavy (non-hydrogen) atoms. The molecule has 0 aliphatic rings. The molecule has 0 aliphatic carbocycles. The highest BCUT2D eigenvalue weighted by molar-refractivity contribution is 7.53. The SMILES string of the molecule is COP(=O)(CCC[Si](C)(C)C)OC. The van der Waals surface area contributed by atoms with E-state index in [4.69, 9.17) is 9.05 Å².